The molecule has 0 aromatic carbocycles. The van der Waals surface area contributed by atoms with Crippen LogP contribution in [0.2, 0.25) is 0 Å². The van der Waals surface area contributed by atoms with E-state index < -0.39 is 0 Å². The maximum absolute atomic E-state index is 8.74. The van der Waals surface area contributed by atoms with Gasteiger partial charge in [0.1, 0.15) is 13.2 Å². The molecule has 0 fully saturated rings. The molecule has 0 radical (unpaired) electrons. The van der Waals surface area contributed by atoms with E-state index in [0.29, 0.717) is 12.4 Å². The van der Waals surface area contributed by atoms with Crippen LogP contribution in [0.15, 0.2) is 0 Å². The van der Waals surface area contributed by atoms with E-state index in [9.17, 15) is 0 Å². The maximum atomic E-state index is 8.74. The van der Waals surface area contributed by atoms with E-state index >= 15 is 0 Å². The van der Waals surface area contributed by atoms with Crippen molar-refractivity contribution in [3.63, 3.8) is 0 Å². The van der Waals surface area contributed by atoms with Gasteiger partial charge in [-0.15, -0.1) is 10.2 Å². The molecule has 5 heteroatoms. The molecule has 0 amide bonds. The molecule has 5 nitrogen and oxygen atoms in total. The highest BCUT2D eigenvalue weighted by Gasteiger charge is 2.05. The summed E-state index contributed by atoms with van der Waals surface area (Å²) in [5, 5.41) is 16.3. The van der Waals surface area contributed by atoms with E-state index in [2.05, 4.69) is 10.2 Å². The Bertz CT molecular complexity index is 234. The van der Waals surface area contributed by atoms with Crippen LogP contribution in [-0.4, -0.2) is 27.0 Å². The number of aromatic nitrogens is 3. The summed E-state index contributed by atoms with van der Waals surface area (Å²) in [7, 11) is 3.38. The average Bonchev–Trinajstić information content (AvgIpc) is 2.34. The van der Waals surface area contributed by atoms with Crippen molar-refractivity contribution in [2.45, 2.75) is 13.2 Å². The first-order chi connectivity index (χ1) is 5.29. The van der Waals surface area contributed by atoms with Gasteiger partial charge in [-0.25, -0.2) is 0 Å². The van der Waals surface area contributed by atoms with Gasteiger partial charge in [0.15, 0.2) is 11.6 Å². The molecule has 0 aliphatic rings. The van der Waals surface area contributed by atoms with Gasteiger partial charge in [0.25, 0.3) is 0 Å². The fourth-order valence-electron chi connectivity index (χ4n) is 0.791. The van der Waals surface area contributed by atoms with Crippen LogP contribution in [0.5, 0.6) is 0 Å². The van der Waals surface area contributed by atoms with Gasteiger partial charge < -0.3 is 14.4 Å². The van der Waals surface area contributed by atoms with Crippen LogP contribution in [0.4, 0.5) is 0 Å². The minimum Gasteiger partial charge on any atom is -0.388 e. The van der Waals surface area contributed by atoms with Gasteiger partial charge in [0.05, 0.1) is 0 Å². The molecule has 0 saturated carbocycles. The highest BCUT2D eigenvalue weighted by atomic mass is 16.5. The van der Waals surface area contributed by atoms with Crippen molar-refractivity contribution in [3.8, 4) is 0 Å². The number of hydrogen-bond acceptors (Lipinski definition) is 4. The Balaban J connectivity index is 2.82. The van der Waals surface area contributed by atoms with Crippen molar-refractivity contribution >= 4 is 0 Å². The van der Waals surface area contributed by atoms with Crippen LogP contribution < -0.4 is 0 Å². The zero-order valence-corrected chi connectivity index (χ0v) is 6.61. The number of aliphatic hydroxyl groups is 1. The number of methoxy groups -OCH3 is 1. The lowest BCUT2D eigenvalue weighted by atomic mass is 10.6. The summed E-state index contributed by atoms with van der Waals surface area (Å²) in [4.78, 5) is 0. The summed E-state index contributed by atoms with van der Waals surface area (Å²) in [6.45, 7) is 0.330. The van der Waals surface area contributed by atoms with Gasteiger partial charge in [0, 0.05) is 14.2 Å². The monoisotopic (exact) mass is 157 g/mol. The van der Waals surface area contributed by atoms with Crippen molar-refractivity contribution < 1.29 is 9.84 Å². The molecular weight excluding hydrogens is 146 g/mol. The van der Waals surface area contributed by atoms with Gasteiger partial charge >= 0.3 is 0 Å². The minimum atomic E-state index is -0.0901. The molecule has 1 rings (SSSR count). The molecule has 1 aromatic rings. The van der Waals surface area contributed by atoms with Crippen LogP contribution in [0.3, 0.4) is 0 Å². The molecule has 0 atom stereocenters. The van der Waals surface area contributed by atoms with Crippen LogP contribution in [0, 0.1) is 0 Å². The fourth-order valence-corrected chi connectivity index (χ4v) is 0.791. The third-order valence-electron chi connectivity index (χ3n) is 1.47. The molecule has 1 heterocycles. The molecule has 0 aliphatic carbocycles. The molecule has 0 spiro atoms. The Morgan fingerprint density at radius 1 is 1.45 bits per heavy atom. The van der Waals surface area contributed by atoms with Crippen molar-refractivity contribution in [2.75, 3.05) is 7.11 Å². The third kappa shape index (κ3) is 1.55. The summed E-state index contributed by atoms with van der Waals surface area (Å²) in [6, 6.07) is 0. The number of aliphatic hydroxyl groups excluding tert-OH is 1. The third-order valence-corrected chi connectivity index (χ3v) is 1.47. The Morgan fingerprint density at radius 3 is 2.55 bits per heavy atom. The topological polar surface area (TPSA) is 60.2 Å². The molecule has 1 N–H and O–H groups in total. The molecule has 62 valence electrons. The normalized spacial score (nSPS) is 10.5. The summed E-state index contributed by atoms with van der Waals surface area (Å²) in [6.07, 6.45) is 0. The predicted molar refractivity (Wildman–Crippen MR) is 37.6 cm³/mol. The summed E-state index contributed by atoms with van der Waals surface area (Å²) >= 11 is 0. The first-order valence-electron chi connectivity index (χ1n) is 3.26. The fraction of sp³-hybridized carbons (Fsp3) is 0.667. The summed E-state index contributed by atoms with van der Waals surface area (Å²) < 4.78 is 6.57. The molecule has 11 heavy (non-hydrogen) atoms. The molecule has 0 aliphatic heterocycles. The van der Waals surface area contributed by atoms with E-state index in [4.69, 9.17) is 9.84 Å². The van der Waals surface area contributed by atoms with E-state index in [1.807, 2.05) is 0 Å². The van der Waals surface area contributed by atoms with Crippen LogP contribution in [0.1, 0.15) is 11.6 Å². The Hall–Kier alpha value is -0.940. The first kappa shape index (κ1) is 8.16. The zero-order chi connectivity index (χ0) is 8.27. The van der Waals surface area contributed by atoms with E-state index in [0.717, 1.165) is 5.82 Å². The second kappa shape index (κ2) is 3.45. The van der Waals surface area contributed by atoms with Crippen molar-refractivity contribution in [1.29, 1.82) is 0 Å². The standard InChI is InChI=1S/C6H11N3O2/c1-9-5(3-10)7-8-6(9)4-11-2/h10H,3-4H2,1-2H3. The van der Waals surface area contributed by atoms with E-state index in [1.54, 1.807) is 18.7 Å². The summed E-state index contributed by atoms with van der Waals surface area (Å²) in [5.74, 6) is 1.27. The van der Waals surface area contributed by atoms with Crippen molar-refractivity contribution in [3.05, 3.63) is 11.6 Å². The molecule has 0 bridgehead atoms. The molecule has 0 saturated heterocycles. The lowest BCUT2D eigenvalue weighted by Crippen LogP contribution is -2.02. The number of ether oxygens (including phenoxy) is 1. The van der Waals surface area contributed by atoms with Crippen LogP contribution in [-0.2, 0) is 25.0 Å². The van der Waals surface area contributed by atoms with Gasteiger partial charge in [-0.05, 0) is 0 Å². The first-order valence-corrected chi connectivity index (χ1v) is 3.26. The van der Waals surface area contributed by atoms with Crippen LogP contribution >= 0.6 is 0 Å². The smallest absolute Gasteiger partial charge is 0.158 e. The van der Waals surface area contributed by atoms with E-state index in [1.165, 1.54) is 0 Å². The number of hydrogen-bond donors (Lipinski definition) is 1. The number of nitrogens with zero attached hydrogens (tertiary/aromatic N) is 3. The maximum Gasteiger partial charge on any atom is 0.158 e. The number of rotatable bonds is 3. The minimum absolute atomic E-state index is 0.0901. The Kier molecular flexibility index (Phi) is 2.56. The highest BCUT2D eigenvalue weighted by molar-refractivity contribution is 4.91. The lowest BCUT2D eigenvalue weighted by Gasteiger charge is -1.99. The Morgan fingerprint density at radius 2 is 2.09 bits per heavy atom. The quantitative estimate of drug-likeness (QED) is 0.639. The SMILES string of the molecule is COCc1nnc(CO)n1C. The molecular formula is C6H11N3O2. The van der Waals surface area contributed by atoms with Gasteiger partial charge in [-0.2, -0.15) is 0 Å². The highest BCUT2D eigenvalue weighted by Crippen LogP contribution is 1.99. The lowest BCUT2D eigenvalue weighted by molar-refractivity contribution is 0.174. The van der Waals surface area contributed by atoms with Gasteiger partial charge in [0.2, 0.25) is 0 Å². The van der Waals surface area contributed by atoms with Crippen molar-refractivity contribution in [1.82, 2.24) is 14.8 Å². The molecule has 1 aromatic heterocycles. The second-order valence-electron chi connectivity index (χ2n) is 2.18. The van der Waals surface area contributed by atoms with Crippen LogP contribution in [0.25, 0.3) is 0 Å². The summed E-state index contributed by atoms with van der Waals surface area (Å²) in [5.41, 5.74) is 0. The second-order valence-corrected chi connectivity index (χ2v) is 2.18. The largest absolute Gasteiger partial charge is 0.388 e. The zero-order valence-electron chi connectivity index (χ0n) is 6.61. The Labute approximate surface area is 64.6 Å². The van der Waals surface area contributed by atoms with Gasteiger partial charge in [-0.1, -0.05) is 0 Å². The molecule has 0 unspecified atom stereocenters. The average molecular weight is 157 g/mol. The van der Waals surface area contributed by atoms with Gasteiger partial charge in [-0.3, -0.25) is 0 Å². The predicted octanol–water partition coefficient (Wildman–Crippen LogP) is -0.546. The van der Waals surface area contributed by atoms with Crippen molar-refractivity contribution in [2.24, 2.45) is 7.05 Å². The van der Waals surface area contributed by atoms with E-state index in [-0.39, 0.29) is 6.61 Å².